The fourth-order valence-corrected chi connectivity index (χ4v) is 2.80. The van der Waals surface area contributed by atoms with Crippen LogP contribution in [0.5, 0.6) is 0 Å². The van der Waals surface area contributed by atoms with Gasteiger partial charge in [0, 0.05) is 31.4 Å². The third-order valence-corrected chi connectivity index (χ3v) is 4.12. The number of piperidine rings is 1. The molecule has 0 aromatic carbocycles. The second kappa shape index (κ2) is 7.43. The van der Waals surface area contributed by atoms with Gasteiger partial charge in [-0.3, -0.25) is 4.90 Å². The summed E-state index contributed by atoms with van der Waals surface area (Å²) in [4.78, 5) is 2.53. The molecular weight excluding hydrogens is 264 g/mol. The van der Waals surface area contributed by atoms with Crippen molar-refractivity contribution in [1.82, 2.24) is 10.2 Å². The van der Waals surface area contributed by atoms with Crippen molar-refractivity contribution >= 4 is 0 Å². The number of methoxy groups -OCH3 is 1. The van der Waals surface area contributed by atoms with Crippen LogP contribution in [0.1, 0.15) is 44.9 Å². The first-order valence-electron chi connectivity index (χ1n) is 7.99. The third-order valence-electron chi connectivity index (χ3n) is 4.12. The van der Waals surface area contributed by atoms with Gasteiger partial charge in [-0.15, -0.1) is 0 Å². The third kappa shape index (κ3) is 5.46. The van der Waals surface area contributed by atoms with E-state index >= 15 is 0 Å². The van der Waals surface area contributed by atoms with Crippen LogP contribution in [0, 0.1) is 5.92 Å². The Bertz CT molecular complexity index is 415. The summed E-state index contributed by atoms with van der Waals surface area (Å²) in [5.74, 6) is 1.81. The first-order valence-corrected chi connectivity index (χ1v) is 7.99. The molecule has 4 heteroatoms. The summed E-state index contributed by atoms with van der Waals surface area (Å²) in [6.45, 7) is 11.5. The zero-order valence-corrected chi connectivity index (χ0v) is 13.9. The SMILES string of the molecule is COCC1CCN(Cc2ccoc2CNC(C)(C)C)CC1. The molecule has 21 heavy (non-hydrogen) atoms. The van der Waals surface area contributed by atoms with E-state index in [0.29, 0.717) is 0 Å². The number of nitrogens with zero attached hydrogens (tertiary/aromatic N) is 1. The van der Waals surface area contributed by atoms with Gasteiger partial charge in [0.1, 0.15) is 5.76 Å². The molecule has 1 saturated heterocycles. The van der Waals surface area contributed by atoms with E-state index in [1.54, 1.807) is 7.11 Å². The summed E-state index contributed by atoms with van der Waals surface area (Å²) in [7, 11) is 1.80. The van der Waals surface area contributed by atoms with Crippen molar-refractivity contribution in [3.05, 3.63) is 23.7 Å². The Kier molecular flexibility index (Phi) is 5.85. The number of hydrogen-bond acceptors (Lipinski definition) is 4. The van der Waals surface area contributed by atoms with Crippen LogP contribution in [0.15, 0.2) is 16.7 Å². The van der Waals surface area contributed by atoms with E-state index in [1.807, 2.05) is 6.26 Å². The second-order valence-corrected chi connectivity index (χ2v) is 7.15. The summed E-state index contributed by atoms with van der Waals surface area (Å²) in [5, 5.41) is 3.50. The molecule has 1 N–H and O–H groups in total. The lowest BCUT2D eigenvalue weighted by atomic mass is 9.97. The number of likely N-dealkylation sites (tertiary alicyclic amines) is 1. The highest BCUT2D eigenvalue weighted by Crippen LogP contribution is 2.21. The van der Waals surface area contributed by atoms with Crippen LogP contribution in [0.25, 0.3) is 0 Å². The first kappa shape index (κ1) is 16.5. The predicted molar refractivity (Wildman–Crippen MR) is 85.2 cm³/mol. The van der Waals surface area contributed by atoms with E-state index in [4.69, 9.17) is 9.15 Å². The Hall–Kier alpha value is -0.840. The molecule has 2 rings (SSSR count). The average molecular weight is 294 g/mol. The Balaban J connectivity index is 1.83. The second-order valence-electron chi connectivity index (χ2n) is 7.15. The van der Waals surface area contributed by atoms with Crippen LogP contribution < -0.4 is 5.32 Å². The lowest BCUT2D eigenvalue weighted by Gasteiger charge is -2.31. The van der Waals surface area contributed by atoms with Gasteiger partial charge in [-0.1, -0.05) is 0 Å². The minimum atomic E-state index is 0.114. The fourth-order valence-electron chi connectivity index (χ4n) is 2.80. The van der Waals surface area contributed by atoms with Crippen molar-refractivity contribution in [1.29, 1.82) is 0 Å². The molecule has 0 bridgehead atoms. The minimum absolute atomic E-state index is 0.114. The van der Waals surface area contributed by atoms with E-state index < -0.39 is 0 Å². The summed E-state index contributed by atoms with van der Waals surface area (Å²) < 4.78 is 10.9. The highest BCUT2D eigenvalue weighted by molar-refractivity contribution is 5.17. The quantitative estimate of drug-likeness (QED) is 0.875. The van der Waals surface area contributed by atoms with Crippen molar-refractivity contribution in [2.24, 2.45) is 5.92 Å². The molecular formula is C17H30N2O2. The maximum Gasteiger partial charge on any atom is 0.122 e. The van der Waals surface area contributed by atoms with Crippen molar-refractivity contribution in [2.75, 3.05) is 26.8 Å². The molecule has 1 aromatic heterocycles. The topological polar surface area (TPSA) is 37.6 Å². The smallest absolute Gasteiger partial charge is 0.122 e. The molecule has 1 aromatic rings. The Morgan fingerprint density at radius 1 is 1.33 bits per heavy atom. The highest BCUT2D eigenvalue weighted by atomic mass is 16.5. The van der Waals surface area contributed by atoms with Crippen molar-refractivity contribution in [3.63, 3.8) is 0 Å². The molecule has 0 saturated carbocycles. The van der Waals surface area contributed by atoms with Crippen molar-refractivity contribution < 1.29 is 9.15 Å². The van der Waals surface area contributed by atoms with E-state index in [2.05, 4.69) is 37.1 Å². The lowest BCUT2D eigenvalue weighted by Crippen LogP contribution is -2.36. The molecule has 0 atom stereocenters. The molecule has 4 nitrogen and oxygen atoms in total. The number of nitrogens with one attached hydrogen (secondary N) is 1. The van der Waals surface area contributed by atoms with Crippen LogP contribution in [0.2, 0.25) is 0 Å². The number of furan rings is 1. The summed E-state index contributed by atoms with van der Waals surface area (Å²) in [5.41, 5.74) is 1.43. The number of ether oxygens (including phenoxy) is 1. The molecule has 1 fully saturated rings. The van der Waals surface area contributed by atoms with Crippen LogP contribution in [0.3, 0.4) is 0 Å². The van der Waals surface area contributed by atoms with E-state index in [9.17, 15) is 0 Å². The normalized spacial score (nSPS) is 18.3. The van der Waals surface area contributed by atoms with Gasteiger partial charge >= 0.3 is 0 Å². The Morgan fingerprint density at radius 2 is 2.05 bits per heavy atom. The van der Waals surface area contributed by atoms with Gasteiger partial charge in [-0.2, -0.15) is 0 Å². The maximum atomic E-state index is 5.65. The highest BCUT2D eigenvalue weighted by Gasteiger charge is 2.20. The number of rotatable bonds is 6. The van der Waals surface area contributed by atoms with Gasteiger partial charge in [-0.25, -0.2) is 0 Å². The van der Waals surface area contributed by atoms with Crippen LogP contribution in [-0.4, -0.2) is 37.2 Å². The first-order chi connectivity index (χ1) is 9.98. The monoisotopic (exact) mass is 294 g/mol. The summed E-state index contributed by atoms with van der Waals surface area (Å²) in [6.07, 6.45) is 4.29. The van der Waals surface area contributed by atoms with Gasteiger partial charge in [0.15, 0.2) is 0 Å². The standard InChI is InChI=1S/C17H30N2O2/c1-17(2,3)18-11-16-15(7-10-21-16)12-19-8-5-14(6-9-19)13-20-4/h7,10,14,18H,5-6,8-9,11-13H2,1-4H3. The molecule has 0 amide bonds. The number of hydrogen-bond donors (Lipinski definition) is 1. The van der Waals surface area contributed by atoms with Gasteiger partial charge in [0.05, 0.1) is 12.8 Å². The Labute approximate surface area is 128 Å². The van der Waals surface area contributed by atoms with E-state index in [-0.39, 0.29) is 5.54 Å². The molecule has 0 aliphatic carbocycles. The largest absolute Gasteiger partial charge is 0.468 e. The van der Waals surface area contributed by atoms with Crippen LogP contribution >= 0.6 is 0 Å². The maximum absolute atomic E-state index is 5.65. The zero-order valence-electron chi connectivity index (χ0n) is 13.9. The molecule has 2 heterocycles. The molecule has 1 aliphatic rings. The van der Waals surface area contributed by atoms with E-state index in [1.165, 1.54) is 18.4 Å². The van der Waals surface area contributed by atoms with Crippen LogP contribution in [-0.2, 0) is 17.8 Å². The predicted octanol–water partition coefficient (Wildman–Crippen LogP) is 3.03. The lowest BCUT2D eigenvalue weighted by molar-refractivity contribution is 0.0965. The molecule has 0 radical (unpaired) electrons. The summed E-state index contributed by atoms with van der Waals surface area (Å²) in [6, 6.07) is 2.11. The summed E-state index contributed by atoms with van der Waals surface area (Å²) >= 11 is 0. The van der Waals surface area contributed by atoms with E-state index in [0.717, 1.165) is 44.5 Å². The molecule has 1 aliphatic heterocycles. The van der Waals surface area contributed by atoms with Crippen molar-refractivity contribution in [2.45, 2.75) is 52.2 Å². The van der Waals surface area contributed by atoms with Gasteiger partial charge in [-0.05, 0) is 58.7 Å². The van der Waals surface area contributed by atoms with Crippen LogP contribution in [0.4, 0.5) is 0 Å². The van der Waals surface area contributed by atoms with Gasteiger partial charge in [0.2, 0.25) is 0 Å². The minimum Gasteiger partial charge on any atom is -0.468 e. The van der Waals surface area contributed by atoms with Crippen molar-refractivity contribution in [3.8, 4) is 0 Å². The Morgan fingerprint density at radius 3 is 2.67 bits per heavy atom. The fraction of sp³-hybridized carbons (Fsp3) is 0.765. The van der Waals surface area contributed by atoms with Gasteiger partial charge in [0.25, 0.3) is 0 Å². The van der Waals surface area contributed by atoms with Gasteiger partial charge < -0.3 is 14.5 Å². The zero-order chi connectivity index (χ0) is 15.3. The molecule has 120 valence electrons. The molecule has 0 spiro atoms. The average Bonchev–Trinajstić information content (AvgIpc) is 2.86. The molecule has 0 unspecified atom stereocenters.